The van der Waals surface area contributed by atoms with E-state index in [1.165, 1.54) is 11.1 Å². The molecule has 11 heteroatoms. The van der Waals surface area contributed by atoms with Crippen LogP contribution in [0.4, 0.5) is 11.4 Å². The van der Waals surface area contributed by atoms with Crippen molar-refractivity contribution in [2.45, 2.75) is 11.8 Å². The maximum atomic E-state index is 13.5. The van der Waals surface area contributed by atoms with Crippen molar-refractivity contribution in [1.29, 1.82) is 0 Å². The summed E-state index contributed by atoms with van der Waals surface area (Å²) in [6.45, 7) is 2.05. The standard InChI is InChI=1S/C23H17BrCl2N4O3S/c1-13-6-8-14(9-7-13)34(32,33)30-19(24)10-15-20-16(11-27-22(15)30)23(31)29(12-28(20)2)21-17(25)4-3-5-18(21)26/h3-11H,12H2,1-2H3. The Hall–Kier alpha value is -2.59. The van der Waals surface area contributed by atoms with Gasteiger partial charge in [0.15, 0.2) is 5.65 Å². The lowest BCUT2D eigenvalue weighted by Crippen LogP contribution is -2.45. The smallest absolute Gasteiger partial charge is 0.270 e. The minimum Gasteiger partial charge on any atom is -0.355 e. The van der Waals surface area contributed by atoms with Gasteiger partial charge in [-0.25, -0.2) is 17.4 Å². The molecule has 174 valence electrons. The number of carbonyl (C=O) groups excluding carboxylic acids is 1. The summed E-state index contributed by atoms with van der Waals surface area (Å²) in [6, 6.07) is 13.3. The molecule has 0 aliphatic carbocycles. The first-order valence-electron chi connectivity index (χ1n) is 10.1. The molecular formula is C23H17BrCl2N4O3S. The average Bonchev–Trinajstić information content (AvgIpc) is 3.13. The number of benzene rings is 2. The van der Waals surface area contributed by atoms with Gasteiger partial charge in [-0.15, -0.1) is 0 Å². The predicted molar refractivity (Wildman–Crippen MR) is 138 cm³/mol. The van der Waals surface area contributed by atoms with E-state index >= 15 is 0 Å². The number of aromatic nitrogens is 2. The fourth-order valence-corrected chi connectivity index (χ4v) is 7.02. The minimum atomic E-state index is -3.93. The van der Waals surface area contributed by atoms with E-state index in [0.717, 1.165) is 9.54 Å². The highest BCUT2D eigenvalue weighted by atomic mass is 79.9. The third-order valence-electron chi connectivity index (χ3n) is 5.69. The number of hydrogen-bond acceptors (Lipinski definition) is 5. The number of halogens is 3. The second-order valence-electron chi connectivity index (χ2n) is 7.95. The van der Waals surface area contributed by atoms with Gasteiger partial charge >= 0.3 is 0 Å². The van der Waals surface area contributed by atoms with Crippen molar-refractivity contribution in [2.24, 2.45) is 0 Å². The molecule has 2 aromatic carbocycles. The van der Waals surface area contributed by atoms with Gasteiger partial charge < -0.3 is 4.90 Å². The molecule has 4 aromatic rings. The molecule has 7 nitrogen and oxygen atoms in total. The van der Waals surface area contributed by atoms with Crippen LogP contribution >= 0.6 is 39.1 Å². The Balaban J connectivity index is 1.68. The fourth-order valence-electron chi connectivity index (χ4n) is 4.10. The number of aryl methyl sites for hydroxylation is 1. The number of anilines is 2. The summed E-state index contributed by atoms with van der Waals surface area (Å²) in [7, 11) is -2.13. The molecule has 2 aromatic heterocycles. The van der Waals surface area contributed by atoms with E-state index in [1.54, 1.807) is 48.5 Å². The molecule has 0 radical (unpaired) electrons. The quantitative estimate of drug-likeness (QED) is 0.311. The second-order valence-corrected chi connectivity index (χ2v) is 11.4. The Morgan fingerprint density at radius 2 is 1.68 bits per heavy atom. The molecular weight excluding hydrogens is 563 g/mol. The number of amides is 1. The van der Waals surface area contributed by atoms with Gasteiger partial charge in [0.2, 0.25) is 0 Å². The summed E-state index contributed by atoms with van der Waals surface area (Å²) >= 11 is 16.1. The second kappa shape index (κ2) is 8.27. The Bertz CT molecular complexity index is 1570. The Labute approximate surface area is 214 Å². The zero-order valence-corrected chi connectivity index (χ0v) is 21.9. The first-order valence-corrected chi connectivity index (χ1v) is 13.1. The third-order valence-corrected chi connectivity index (χ3v) is 8.84. The van der Waals surface area contributed by atoms with Crippen molar-refractivity contribution in [3.8, 4) is 0 Å². The summed E-state index contributed by atoms with van der Waals surface area (Å²) in [6.07, 6.45) is 1.39. The van der Waals surface area contributed by atoms with Crippen LogP contribution in [0.3, 0.4) is 0 Å². The monoisotopic (exact) mass is 578 g/mol. The molecule has 0 saturated heterocycles. The van der Waals surface area contributed by atoms with Gasteiger partial charge in [-0.05, 0) is 53.2 Å². The van der Waals surface area contributed by atoms with E-state index in [9.17, 15) is 13.2 Å². The van der Waals surface area contributed by atoms with Crippen LogP contribution in [0.1, 0.15) is 15.9 Å². The fraction of sp³-hybridized carbons (Fsp3) is 0.130. The molecule has 0 atom stereocenters. The van der Waals surface area contributed by atoms with Crippen LogP contribution in [0.15, 0.2) is 64.2 Å². The normalized spacial score (nSPS) is 14.1. The Kier molecular flexibility index (Phi) is 5.63. The number of hydrogen-bond donors (Lipinski definition) is 0. The Morgan fingerprint density at radius 3 is 2.32 bits per heavy atom. The number of nitrogens with zero attached hydrogens (tertiary/aromatic N) is 4. The predicted octanol–water partition coefficient (Wildman–Crippen LogP) is 5.71. The first-order chi connectivity index (χ1) is 16.1. The van der Waals surface area contributed by atoms with Crippen LogP contribution in [0.5, 0.6) is 0 Å². The van der Waals surface area contributed by atoms with Gasteiger partial charge in [0.05, 0.1) is 38.5 Å². The average molecular weight is 580 g/mol. The molecule has 0 saturated carbocycles. The van der Waals surface area contributed by atoms with Gasteiger partial charge in [0.25, 0.3) is 15.9 Å². The van der Waals surface area contributed by atoms with Gasteiger partial charge in [0, 0.05) is 18.6 Å². The van der Waals surface area contributed by atoms with E-state index < -0.39 is 10.0 Å². The summed E-state index contributed by atoms with van der Waals surface area (Å²) in [5.41, 5.74) is 2.47. The van der Waals surface area contributed by atoms with Gasteiger partial charge in [0.1, 0.15) is 4.60 Å². The summed E-state index contributed by atoms with van der Waals surface area (Å²) in [5, 5.41) is 1.23. The van der Waals surface area contributed by atoms with E-state index in [0.29, 0.717) is 37.0 Å². The number of fused-ring (bicyclic) bond motifs is 3. The molecule has 1 aliphatic heterocycles. The maximum absolute atomic E-state index is 13.5. The molecule has 0 spiro atoms. The van der Waals surface area contributed by atoms with Crippen molar-refractivity contribution in [1.82, 2.24) is 8.96 Å². The third kappa shape index (κ3) is 3.50. The van der Waals surface area contributed by atoms with Crippen molar-refractivity contribution in [3.05, 3.63) is 80.5 Å². The first kappa shape index (κ1) is 23.2. The molecule has 0 unspecified atom stereocenters. The lowest BCUT2D eigenvalue weighted by atomic mass is 10.1. The SMILES string of the molecule is Cc1ccc(S(=O)(=O)n2c(Br)cc3c4c(cnc32)C(=O)N(c2c(Cl)cccc2Cl)CN4C)cc1. The highest BCUT2D eigenvalue weighted by Gasteiger charge is 2.34. The largest absolute Gasteiger partial charge is 0.355 e. The zero-order chi connectivity index (χ0) is 24.4. The van der Waals surface area contributed by atoms with E-state index in [-0.39, 0.29) is 23.1 Å². The van der Waals surface area contributed by atoms with Crippen LogP contribution in [-0.4, -0.2) is 37.0 Å². The highest BCUT2D eigenvalue weighted by molar-refractivity contribution is 9.10. The zero-order valence-electron chi connectivity index (χ0n) is 18.0. The number of para-hydroxylation sites is 1. The van der Waals surface area contributed by atoms with E-state index in [4.69, 9.17) is 23.2 Å². The molecule has 0 bridgehead atoms. The van der Waals surface area contributed by atoms with Crippen LogP contribution in [0, 0.1) is 6.92 Å². The summed E-state index contributed by atoms with van der Waals surface area (Å²) < 4.78 is 28.3. The molecule has 0 N–H and O–H groups in total. The van der Waals surface area contributed by atoms with Crippen molar-refractivity contribution in [3.63, 3.8) is 0 Å². The minimum absolute atomic E-state index is 0.139. The molecule has 0 fully saturated rings. The van der Waals surface area contributed by atoms with Crippen molar-refractivity contribution < 1.29 is 13.2 Å². The molecule has 5 rings (SSSR count). The van der Waals surface area contributed by atoms with Crippen LogP contribution < -0.4 is 9.80 Å². The molecule has 3 heterocycles. The molecule has 1 amide bonds. The topological polar surface area (TPSA) is 75.5 Å². The van der Waals surface area contributed by atoms with Crippen LogP contribution in [0.2, 0.25) is 10.0 Å². The van der Waals surface area contributed by atoms with E-state index in [2.05, 4.69) is 20.9 Å². The van der Waals surface area contributed by atoms with Crippen LogP contribution in [0.25, 0.3) is 11.0 Å². The molecule has 34 heavy (non-hydrogen) atoms. The van der Waals surface area contributed by atoms with Gasteiger partial charge in [-0.1, -0.05) is 47.0 Å². The lowest BCUT2D eigenvalue weighted by molar-refractivity contribution is 0.0982. The van der Waals surface area contributed by atoms with Gasteiger partial charge in [-0.3, -0.25) is 9.69 Å². The van der Waals surface area contributed by atoms with Crippen LogP contribution in [-0.2, 0) is 10.0 Å². The summed E-state index contributed by atoms with van der Waals surface area (Å²) in [4.78, 5) is 21.3. The highest BCUT2D eigenvalue weighted by Crippen LogP contribution is 2.41. The Morgan fingerprint density at radius 1 is 1.03 bits per heavy atom. The van der Waals surface area contributed by atoms with Crippen molar-refractivity contribution in [2.75, 3.05) is 23.5 Å². The van der Waals surface area contributed by atoms with Crippen molar-refractivity contribution >= 4 is 77.5 Å². The number of carbonyl (C=O) groups is 1. The summed E-state index contributed by atoms with van der Waals surface area (Å²) in [5.74, 6) is -0.331. The molecule has 1 aliphatic rings. The number of pyridine rings is 1. The van der Waals surface area contributed by atoms with E-state index in [1.807, 2.05) is 18.9 Å². The maximum Gasteiger partial charge on any atom is 0.270 e. The lowest BCUT2D eigenvalue weighted by Gasteiger charge is -2.36. The van der Waals surface area contributed by atoms with Gasteiger partial charge in [-0.2, -0.15) is 0 Å². The number of rotatable bonds is 3.